The van der Waals surface area contributed by atoms with Crippen LogP contribution in [-0.2, 0) is 5.41 Å². The Hall–Kier alpha value is -9.55. The molecule has 3 aromatic heterocycles. The summed E-state index contributed by atoms with van der Waals surface area (Å²) in [5.41, 5.74) is 21.3. The molecule has 4 nitrogen and oxygen atoms in total. The Balaban J connectivity index is 0.821. The van der Waals surface area contributed by atoms with Crippen molar-refractivity contribution in [2.24, 2.45) is 0 Å². The predicted octanol–water partition coefficient (Wildman–Crippen LogP) is 18.5. The van der Waals surface area contributed by atoms with Gasteiger partial charge in [0.15, 0.2) is 17.5 Å². The lowest BCUT2D eigenvalue weighted by molar-refractivity contribution is 0.669. The number of rotatable bonds is 6. The molecule has 0 fully saturated rings. The molecule has 0 unspecified atom stereocenters. The maximum atomic E-state index is 6.66. The van der Waals surface area contributed by atoms with Gasteiger partial charge in [-0.3, -0.25) is 0 Å². The Morgan fingerprint density at radius 1 is 0.280 bits per heavy atom. The van der Waals surface area contributed by atoms with E-state index >= 15 is 0 Å². The highest BCUT2D eigenvalue weighted by molar-refractivity contribution is 7.25. The monoisotopic (exact) mass is 971 g/mol. The highest BCUT2D eigenvalue weighted by Gasteiger charge is 2.51. The summed E-state index contributed by atoms with van der Waals surface area (Å²) in [7, 11) is 0. The van der Waals surface area contributed by atoms with Gasteiger partial charge in [0, 0.05) is 47.6 Å². The van der Waals surface area contributed by atoms with Crippen molar-refractivity contribution >= 4 is 53.4 Å². The summed E-state index contributed by atoms with van der Waals surface area (Å²) in [5, 5.41) is 4.45. The number of hydrogen-bond acceptors (Lipinski definition) is 5. The van der Waals surface area contributed by atoms with Gasteiger partial charge in [-0.2, -0.15) is 0 Å². The van der Waals surface area contributed by atoms with E-state index < -0.39 is 0 Å². The Kier molecular flexibility index (Phi) is 9.09. The molecule has 14 aromatic rings. The molecule has 16 rings (SSSR count). The van der Waals surface area contributed by atoms with E-state index in [-0.39, 0.29) is 5.41 Å². The molecule has 0 amide bonds. The van der Waals surface area contributed by atoms with Gasteiger partial charge in [0.1, 0.15) is 11.2 Å². The number of furan rings is 1. The van der Waals surface area contributed by atoms with Gasteiger partial charge in [-0.05, 0) is 126 Å². The quantitative estimate of drug-likeness (QED) is 0.167. The normalized spacial score (nSPS) is 12.9. The van der Waals surface area contributed by atoms with Gasteiger partial charge >= 0.3 is 0 Å². The Labute approximate surface area is 436 Å². The standard InChI is InChI=1S/C70H41N3OS/c1-2-15-42(16-3-1)43-17-13-20-48(38-43)67-71-68(49-31-34-54-53-24-7-11-30-64(53)75-65(54)41-49)73-69(72-67)55-25-14-29-63-66(55)57-40-47(33-36-62(57)74-63)45-19-12-18-44(37-45)46-32-35-61-56(39-46)52-23-6-10-28-60(52)70(61)58-26-8-4-21-50(58)51-22-5-9-27-59(51)70/h1-41H. The highest BCUT2D eigenvalue weighted by Crippen LogP contribution is 2.63. The van der Waals surface area contributed by atoms with Crippen molar-refractivity contribution in [2.75, 3.05) is 0 Å². The van der Waals surface area contributed by atoms with Crippen LogP contribution in [0.25, 0.3) is 132 Å². The largest absolute Gasteiger partial charge is 0.456 e. The van der Waals surface area contributed by atoms with Gasteiger partial charge < -0.3 is 4.42 Å². The fourth-order valence-electron chi connectivity index (χ4n) is 12.4. The smallest absolute Gasteiger partial charge is 0.164 e. The van der Waals surface area contributed by atoms with Gasteiger partial charge in [0.2, 0.25) is 0 Å². The lowest BCUT2D eigenvalue weighted by Crippen LogP contribution is -2.25. The van der Waals surface area contributed by atoms with E-state index in [0.29, 0.717) is 17.5 Å². The van der Waals surface area contributed by atoms with E-state index in [2.05, 4.69) is 231 Å². The van der Waals surface area contributed by atoms with Crippen LogP contribution in [0.5, 0.6) is 0 Å². The van der Waals surface area contributed by atoms with E-state index in [9.17, 15) is 0 Å². The Bertz CT molecular complexity index is 4630. The van der Waals surface area contributed by atoms with Crippen molar-refractivity contribution in [3.05, 3.63) is 271 Å². The molecule has 1 spiro atoms. The molecule has 3 heterocycles. The average Bonchev–Trinajstić information content (AvgIpc) is 4.28. The molecule has 0 atom stereocenters. The van der Waals surface area contributed by atoms with Gasteiger partial charge in [0.25, 0.3) is 0 Å². The highest BCUT2D eigenvalue weighted by atomic mass is 32.1. The van der Waals surface area contributed by atoms with Crippen LogP contribution in [0.4, 0.5) is 0 Å². The number of nitrogens with zero attached hydrogens (tertiary/aromatic N) is 3. The van der Waals surface area contributed by atoms with Crippen molar-refractivity contribution in [1.82, 2.24) is 15.0 Å². The summed E-state index contributed by atoms with van der Waals surface area (Å²) in [5.74, 6) is 1.81. The minimum absolute atomic E-state index is 0.368. The summed E-state index contributed by atoms with van der Waals surface area (Å²) in [4.78, 5) is 15.9. The summed E-state index contributed by atoms with van der Waals surface area (Å²) in [6, 6.07) is 89.9. The second kappa shape index (κ2) is 16.2. The van der Waals surface area contributed by atoms with Crippen LogP contribution in [0.2, 0.25) is 0 Å². The fraction of sp³-hybridized carbons (Fsp3) is 0.0143. The second-order valence-corrected chi connectivity index (χ2v) is 20.9. The van der Waals surface area contributed by atoms with Crippen molar-refractivity contribution in [2.45, 2.75) is 5.41 Å². The summed E-state index contributed by atoms with van der Waals surface area (Å²) in [6.45, 7) is 0. The second-order valence-electron chi connectivity index (χ2n) is 19.8. The number of aromatic nitrogens is 3. The van der Waals surface area contributed by atoms with Crippen LogP contribution in [0.15, 0.2) is 253 Å². The van der Waals surface area contributed by atoms with Crippen LogP contribution < -0.4 is 0 Å². The first kappa shape index (κ1) is 42.0. The molecule has 0 N–H and O–H groups in total. The Morgan fingerprint density at radius 3 is 1.52 bits per heavy atom. The van der Waals surface area contributed by atoms with E-state index in [1.807, 2.05) is 18.2 Å². The van der Waals surface area contributed by atoms with Crippen LogP contribution in [0, 0.1) is 0 Å². The molecule has 0 bridgehead atoms. The summed E-state index contributed by atoms with van der Waals surface area (Å²) < 4.78 is 9.11. The topological polar surface area (TPSA) is 51.8 Å². The molecule has 0 radical (unpaired) electrons. The third kappa shape index (κ3) is 6.32. The van der Waals surface area contributed by atoms with Crippen molar-refractivity contribution in [1.29, 1.82) is 0 Å². The van der Waals surface area contributed by atoms with Gasteiger partial charge in [-0.1, -0.05) is 200 Å². The van der Waals surface area contributed by atoms with Crippen LogP contribution in [0.1, 0.15) is 22.3 Å². The zero-order valence-corrected chi connectivity index (χ0v) is 41.1. The molecular formula is C70H41N3OS. The molecule has 75 heavy (non-hydrogen) atoms. The number of benzene rings is 11. The zero-order chi connectivity index (χ0) is 49.2. The number of thiophene rings is 1. The van der Waals surface area contributed by atoms with Gasteiger partial charge in [-0.25, -0.2) is 15.0 Å². The Morgan fingerprint density at radius 2 is 0.773 bits per heavy atom. The van der Waals surface area contributed by atoms with Crippen molar-refractivity contribution < 1.29 is 4.42 Å². The van der Waals surface area contributed by atoms with Crippen LogP contribution in [0.3, 0.4) is 0 Å². The van der Waals surface area contributed by atoms with Gasteiger partial charge in [-0.15, -0.1) is 11.3 Å². The average molecular weight is 972 g/mol. The molecule has 5 heteroatoms. The van der Waals surface area contributed by atoms with Crippen molar-refractivity contribution in [3.8, 4) is 89.8 Å². The summed E-state index contributed by atoms with van der Waals surface area (Å²) >= 11 is 1.79. The maximum absolute atomic E-state index is 6.66. The number of hydrogen-bond donors (Lipinski definition) is 0. The first-order valence-electron chi connectivity index (χ1n) is 25.5. The van der Waals surface area contributed by atoms with E-state index in [4.69, 9.17) is 19.4 Å². The molecule has 0 aliphatic heterocycles. The molecule has 348 valence electrons. The number of fused-ring (bicyclic) bond motifs is 16. The van der Waals surface area contributed by atoms with Crippen LogP contribution >= 0.6 is 11.3 Å². The molecule has 2 aliphatic carbocycles. The molecule has 0 saturated carbocycles. The lowest BCUT2D eigenvalue weighted by atomic mass is 9.70. The third-order valence-electron chi connectivity index (χ3n) is 15.8. The van der Waals surface area contributed by atoms with E-state index in [1.165, 1.54) is 70.2 Å². The first-order chi connectivity index (χ1) is 37.1. The molecule has 2 aliphatic rings. The first-order valence-corrected chi connectivity index (χ1v) is 26.3. The molecular weight excluding hydrogens is 931 g/mol. The SMILES string of the molecule is c1ccc(-c2cccc(-c3nc(-c4ccc5c(c4)sc4ccccc45)nc(-c4cccc5oc6ccc(-c7cccc(-c8ccc9c(c8)-c8ccccc8C98c9ccccc9-c9ccccc98)c7)cc6c45)n3)c2)cc1. The lowest BCUT2D eigenvalue weighted by Gasteiger charge is -2.30. The predicted molar refractivity (Wildman–Crippen MR) is 309 cm³/mol. The molecule has 0 saturated heterocycles. The van der Waals surface area contributed by atoms with E-state index in [0.717, 1.165) is 66.4 Å². The fourth-order valence-corrected chi connectivity index (χ4v) is 13.6. The van der Waals surface area contributed by atoms with Crippen LogP contribution in [-0.4, -0.2) is 15.0 Å². The maximum Gasteiger partial charge on any atom is 0.164 e. The summed E-state index contributed by atoms with van der Waals surface area (Å²) in [6.07, 6.45) is 0. The molecule has 11 aromatic carbocycles. The zero-order valence-electron chi connectivity index (χ0n) is 40.3. The minimum atomic E-state index is -0.368. The minimum Gasteiger partial charge on any atom is -0.456 e. The van der Waals surface area contributed by atoms with E-state index in [1.54, 1.807) is 11.3 Å². The third-order valence-corrected chi connectivity index (χ3v) is 16.9. The van der Waals surface area contributed by atoms with Gasteiger partial charge in [0.05, 0.1) is 5.41 Å². The van der Waals surface area contributed by atoms with Crippen molar-refractivity contribution in [3.63, 3.8) is 0 Å².